The molecule has 0 unspecified atom stereocenters. The molecule has 0 aliphatic carbocycles. The van der Waals surface area contributed by atoms with Crippen molar-refractivity contribution in [1.29, 1.82) is 5.41 Å². The maximum atomic E-state index is 12.3. The molecule has 8 heteroatoms. The largest absolute Gasteiger partial charge is 0.481 e. The molecule has 0 spiro atoms. The number of aliphatic carboxylic acids is 1. The van der Waals surface area contributed by atoms with Crippen LogP contribution in [-0.4, -0.2) is 22.7 Å². The van der Waals surface area contributed by atoms with Crippen LogP contribution < -0.4 is 5.73 Å². The van der Waals surface area contributed by atoms with Gasteiger partial charge in [0, 0.05) is 18.1 Å². The Morgan fingerprint density at radius 1 is 1.37 bits per heavy atom. The van der Waals surface area contributed by atoms with Gasteiger partial charge in [0.05, 0.1) is 5.56 Å². The monoisotopic (exact) mass is 273 g/mol. The Bertz CT molecular complexity index is 561. The van der Waals surface area contributed by atoms with Gasteiger partial charge in [-0.2, -0.15) is 13.2 Å². The number of carboxylic acids is 1. The van der Waals surface area contributed by atoms with E-state index in [-0.39, 0.29) is 17.2 Å². The van der Waals surface area contributed by atoms with Gasteiger partial charge >= 0.3 is 6.18 Å². The maximum Gasteiger partial charge on any atom is 0.416 e. The van der Waals surface area contributed by atoms with Crippen molar-refractivity contribution in [1.82, 2.24) is 0 Å². The molecule has 0 atom stereocenters. The Hall–Kier alpha value is -2.38. The normalized spacial score (nSPS) is 13.3. The van der Waals surface area contributed by atoms with Crippen LogP contribution in [-0.2, 0) is 11.0 Å². The van der Waals surface area contributed by atoms with Crippen LogP contribution in [0.2, 0.25) is 0 Å². The van der Waals surface area contributed by atoms with Gasteiger partial charge in [0.25, 0.3) is 5.97 Å². The van der Waals surface area contributed by atoms with Gasteiger partial charge < -0.3 is 10.8 Å². The summed E-state index contributed by atoms with van der Waals surface area (Å²) >= 11 is 0. The summed E-state index contributed by atoms with van der Waals surface area (Å²) in [6.45, 7) is 1.08. The molecule has 2 rings (SSSR count). The van der Waals surface area contributed by atoms with Crippen molar-refractivity contribution >= 4 is 17.6 Å². The first-order valence-electron chi connectivity index (χ1n) is 4.97. The average Bonchev–Trinajstić information content (AvgIpc) is 2.52. The first-order chi connectivity index (χ1) is 8.62. The van der Waals surface area contributed by atoms with Crippen LogP contribution >= 0.6 is 0 Å². The van der Waals surface area contributed by atoms with E-state index in [0.29, 0.717) is 5.56 Å². The summed E-state index contributed by atoms with van der Waals surface area (Å²) in [5, 5.41) is 14.7. The summed E-state index contributed by atoms with van der Waals surface area (Å²) in [6.07, 6.45) is -4.41. The number of fused-ring (bicyclic) bond motifs is 1. The highest BCUT2D eigenvalue weighted by molar-refractivity contribution is 6.20. The van der Waals surface area contributed by atoms with Crippen molar-refractivity contribution in [3.05, 3.63) is 34.9 Å². The van der Waals surface area contributed by atoms with Gasteiger partial charge in [-0.3, -0.25) is 10.2 Å². The van der Waals surface area contributed by atoms with Gasteiger partial charge in [-0.15, -0.1) is 0 Å². The Morgan fingerprint density at radius 3 is 2.37 bits per heavy atom. The molecule has 1 aliphatic heterocycles. The minimum absolute atomic E-state index is 0.0868. The van der Waals surface area contributed by atoms with E-state index in [9.17, 15) is 13.2 Å². The number of nitrogens with zero attached hydrogens (tertiary/aromatic N) is 1. The molecule has 0 bridgehead atoms. The van der Waals surface area contributed by atoms with Crippen molar-refractivity contribution < 1.29 is 23.1 Å². The van der Waals surface area contributed by atoms with E-state index in [2.05, 4.69) is 4.99 Å². The van der Waals surface area contributed by atoms with Crippen molar-refractivity contribution in [2.75, 3.05) is 0 Å². The molecule has 1 aromatic rings. The second-order valence-electron chi connectivity index (χ2n) is 3.62. The smallest absolute Gasteiger partial charge is 0.416 e. The van der Waals surface area contributed by atoms with Crippen LogP contribution in [0.15, 0.2) is 23.2 Å². The molecular weight excluding hydrogens is 263 g/mol. The van der Waals surface area contributed by atoms with Gasteiger partial charge in [-0.05, 0) is 18.2 Å². The zero-order chi connectivity index (χ0) is 14.8. The molecule has 19 heavy (non-hydrogen) atoms. The van der Waals surface area contributed by atoms with Gasteiger partial charge in [0.15, 0.2) is 5.84 Å². The third-order valence-corrected chi connectivity index (χ3v) is 2.11. The molecule has 0 radical (unpaired) electrons. The highest BCUT2D eigenvalue weighted by Gasteiger charge is 2.32. The first kappa shape index (κ1) is 14.7. The second-order valence-corrected chi connectivity index (χ2v) is 3.62. The van der Waals surface area contributed by atoms with Gasteiger partial charge in [-0.25, -0.2) is 4.99 Å². The van der Waals surface area contributed by atoms with E-state index in [1.165, 1.54) is 6.07 Å². The standard InChI is InChI=1S/C9H6F3N3.C2H4O2/c10-9(11,12)4-1-2-5-6(3-4)8(14)15-7(5)13;1-2(3)4/h1-3H,(H3,13,14,15);1H3,(H,3,4). The van der Waals surface area contributed by atoms with Crippen molar-refractivity contribution in [2.45, 2.75) is 13.1 Å². The van der Waals surface area contributed by atoms with E-state index in [1.807, 2.05) is 0 Å². The number of benzene rings is 1. The summed E-state index contributed by atoms with van der Waals surface area (Å²) in [5.41, 5.74) is 5.14. The average molecular weight is 273 g/mol. The SMILES string of the molecule is CC(=O)O.N=C1N=C(N)c2ccc(C(F)(F)F)cc21. The zero-order valence-electron chi connectivity index (χ0n) is 9.75. The number of amidine groups is 2. The Balaban J connectivity index is 0.000000399. The van der Waals surface area contributed by atoms with Crippen LogP contribution in [0.5, 0.6) is 0 Å². The van der Waals surface area contributed by atoms with Crippen molar-refractivity contribution in [3.63, 3.8) is 0 Å². The zero-order valence-corrected chi connectivity index (χ0v) is 9.75. The van der Waals surface area contributed by atoms with Gasteiger partial charge in [0.1, 0.15) is 5.84 Å². The molecule has 0 fully saturated rings. The lowest BCUT2D eigenvalue weighted by molar-refractivity contribution is -0.137. The number of carbonyl (C=O) groups is 1. The molecule has 0 saturated carbocycles. The van der Waals surface area contributed by atoms with Crippen LogP contribution in [0.4, 0.5) is 13.2 Å². The highest BCUT2D eigenvalue weighted by atomic mass is 19.4. The number of halogens is 3. The summed E-state index contributed by atoms with van der Waals surface area (Å²) < 4.78 is 37.0. The van der Waals surface area contributed by atoms with E-state index >= 15 is 0 Å². The summed E-state index contributed by atoms with van der Waals surface area (Å²) in [6, 6.07) is 3.05. The molecule has 0 saturated heterocycles. The van der Waals surface area contributed by atoms with Crippen LogP contribution in [0.3, 0.4) is 0 Å². The van der Waals surface area contributed by atoms with E-state index in [1.54, 1.807) is 0 Å². The van der Waals surface area contributed by atoms with Crippen molar-refractivity contribution in [3.8, 4) is 0 Å². The summed E-state index contributed by atoms with van der Waals surface area (Å²) in [5.74, 6) is -0.975. The number of hydrogen-bond acceptors (Lipinski definition) is 3. The quantitative estimate of drug-likeness (QED) is 0.672. The fourth-order valence-electron chi connectivity index (χ4n) is 1.38. The molecule has 1 heterocycles. The third kappa shape index (κ3) is 3.54. The lowest BCUT2D eigenvalue weighted by Crippen LogP contribution is -2.12. The fraction of sp³-hybridized carbons (Fsp3) is 0.182. The molecule has 0 aromatic heterocycles. The predicted molar refractivity (Wildman–Crippen MR) is 62.3 cm³/mol. The summed E-state index contributed by atoms with van der Waals surface area (Å²) in [4.78, 5) is 12.6. The number of rotatable bonds is 0. The molecule has 102 valence electrons. The third-order valence-electron chi connectivity index (χ3n) is 2.11. The number of nitrogens with two attached hydrogens (primary N) is 1. The Labute approximate surface area is 106 Å². The van der Waals surface area contributed by atoms with Crippen molar-refractivity contribution in [2.24, 2.45) is 10.7 Å². The topological polar surface area (TPSA) is 99.5 Å². The lowest BCUT2D eigenvalue weighted by Gasteiger charge is -2.08. The lowest BCUT2D eigenvalue weighted by atomic mass is 10.0. The number of alkyl halides is 3. The molecular formula is C11H10F3N3O2. The van der Waals surface area contributed by atoms with E-state index in [0.717, 1.165) is 19.1 Å². The highest BCUT2D eigenvalue weighted by Crippen LogP contribution is 2.31. The molecule has 4 N–H and O–H groups in total. The van der Waals surface area contributed by atoms with Crippen LogP contribution in [0, 0.1) is 5.41 Å². The molecule has 5 nitrogen and oxygen atoms in total. The Kier molecular flexibility index (Phi) is 3.93. The van der Waals surface area contributed by atoms with E-state index in [4.69, 9.17) is 21.0 Å². The number of nitrogens with one attached hydrogen (secondary N) is 1. The predicted octanol–water partition coefficient (Wildman–Crippen LogP) is 1.84. The first-order valence-corrected chi connectivity index (χ1v) is 4.97. The van der Waals surface area contributed by atoms with Crippen LogP contribution in [0.1, 0.15) is 23.6 Å². The van der Waals surface area contributed by atoms with Crippen LogP contribution in [0.25, 0.3) is 0 Å². The minimum Gasteiger partial charge on any atom is -0.481 e. The maximum absolute atomic E-state index is 12.3. The molecule has 1 aliphatic rings. The van der Waals surface area contributed by atoms with Gasteiger partial charge in [0.2, 0.25) is 0 Å². The number of carboxylic acid groups (broad SMARTS) is 1. The summed E-state index contributed by atoms with van der Waals surface area (Å²) in [7, 11) is 0. The molecule has 1 aromatic carbocycles. The Morgan fingerprint density at radius 2 is 1.89 bits per heavy atom. The fourth-order valence-corrected chi connectivity index (χ4v) is 1.38. The minimum atomic E-state index is -4.41. The number of aliphatic imine (C=N–C) groups is 1. The van der Waals surface area contributed by atoms with E-state index < -0.39 is 17.7 Å². The van der Waals surface area contributed by atoms with Gasteiger partial charge in [-0.1, -0.05) is 0 Å². The number of hydrogen-bond donors (Lipinski definition) is 3. The molecule has 0 amide bonds. The second kappa shape index (κ2) is 5.09.